The monoisotopic (exact) mass is 326 g/mol. The van der Waals surface area contributed by atoms with E-state index in [4.69, 9.17) is 0 Å². The number of hydrogen-bond acceptors (Lipinski definition) is 6. The SMILES string of the molecule is CCNc1nccc(N2CCN(c3c(F)cccc3C#N)CC2)n1. The molecule has 2 heterocycles. The predicted octanol–water partition coefficient (Wildman–Crippen LogP) is 2.25. The van der Waals surface area contributed by atoms with Crippen LogP contribution in [0.25, 0.3) is 0 Å². The highest BCUT2D eigenvalue weighted by Gasteiger charge is 2.22. The van der Waals surface area contributed by atoms with Gasteiger partial charge in [0.15, 0.2) is 0 Å². The smallest absolute Gasteiger partial charge is 0.224 e. The lowest BCUT2D eigenvalue weighted by molar-refractivity contribution is 0.595. The second kappa shape index (κ2) is 7.13. The zero-order valence-electron chi connectivity index (χ0n) is 13.5. The highest BCUT2D eigenvalue weighted by molar-refractivity contribution is 5.61. The van der Waals surface area contributed by atoms with E-state index in [1.54, 1.807) is 18.3 Å². The summed E-state index contributed by atoms with van der Waals surface area (Å²) in [5, 5.41) is 12.3. The summed E-state index contributed by atoms with van der Waals surface area (Å²) in [5.74, 6) is 1.12. The van der Waals surface area contributed by atoms with E-state index in [-0.39, 0.29) is 5.82 Å². The molecule has 1 aliphatic rings. The fourth-order valence-electron chi connectivity index (χ4n) is 2.85. The molecule has 1 aromatic carbocycles. The largest absolute Gasteiger partial charge is 0.365 e. The van der Waals surface area contributed by atoms with Crippen molar-refractivity contribution in [3.8, 4) is 6.07 Å². The van der Waals surface area contributed by atoms with Crippen LogP contribution < -0.4 is 15.1 Å². The van der Waals surface area contributed by atoms with Crippen molar-refractivity contribution < 1.29 is 4.39 Å². The summed E-state index contributed by atoms with van der Waals surface area (Å²) >= 11 is 0. The Hall–Kier alpha value is -2.88. The second-order valence-corrected chi connectivity index (χ2v) is 5.49. The fourth-order valence-corrected chi connectivity index (χ4v) is 2.85. The van der Waals surface area contributed by atoms with Gasteiger partial charge in [-0.3, -0.25) is 0 Å². The Labute approximate surface area is 140 Å². The molecule has 1 N–H and O–H groups in total. The maximum absolute atomic E-state index is 14.1. The van der Waals surface area contributed by atoms with Gasteiger partial charge in [-0.2, -0.15) is 10.2 Å². The van der Waals surface area contributed by atoms with Crippen molar-refractivity contribution in [3.05, 3.63) is 41.8 Å². The van der Waals surface area contributed by atoms with Crippen LogP contribution in [-0.2, 0) is 0 Å². The van der Waals surface area contributed by atoms with Crippen molar-refractivity contribution in [2.45, 2.75) is 6.92 Å². The van der Waals surface area contributed by atoms with E-state index in [9.17, 15) is 9.65 Å². The topological polar surface area (TPSA) is 68.1 Å². The number of piperazine rings is 1. The third kappa shape index (κ3) is 3.23. The van der Waals surface area contributed by atoms with Gasteiger partial charge in [0, 0.05) is 38.9 Å². The van der Waals surface area contributed by atoms with Gasteiger partial charge < -0.3 is 15.1 Å². The molecule has 0 atom stereocenters. The van der Waals surface area contributed by atoms with Crippen molar-refractivity contribution in [2.75, 3.05) is 47.8 Å². The summed E-state index contributed by atoms with van der Waals surface area (Å²) in [6.45, 7) is 5.45. The number of nitriles is 1. The third-order valence-electron chi connectivity index (χ3n) is 4.00. The number of anilines is 3. The van der Waals surface area contributed by atoms with Crippen molar-refractivity contribution in [2.24, 2.45) is 0 Å². The number of aromatic nitrogens is 2. The second-order valence-electron chi connectivity index (χ2n) is 5.49. The Morgan fingerprint density at radius 1 is 1.21 bits per heavy atom. The number of benzene rings is 1. The lowest BCUT2D eigenvalue weighted by atomic mass is 10.1. The van der Waals surface area contributed by atoms with Gasteiger partial charge in [-0.25, -0.2) is 9.37 Å². The molecule has 0 bridgehead atoms. The first kappa shape index (κ1) is 16.0. The summed E-state index contributed by atoms with van der Waals surface area (Å²) in [6, 6.07) is 8.56. The van der Waals surface area contributed by atoms with Crippen LogP contribution in [0.4, 0.5) is 21.8 Å². The minimum atomic E-state index is -0.348. The first-order chi connectivity index (χ1) is 11.7. The van der Waals surface area contributed by atoms with E-state index in [2.05, 4.69) is 26.3 Å². The molecule has 1 saturated heterocycles. The van der Waals surface area contributed by atoms with E-state index < -0.39 is 0 Å². The van der Waals surface area contributed by atoms with Gasteiger partial charge in [-0.1, -0.05) is 6.07 Å². The predicted molar refractivity (Wildman–Crippen MR) is 91.7 cm³/mol. The van der Waals surface area contributed by atoms with Gasteiger partial charge in [0.2, 0.25) is 5.95 Å². The quantitative estimate of drug-likeness (QED) is 0.929. The maximum atomic E-state index is 14.1. The molecule has 124 valence electrons. The average molecular weight is 326 g/mol. The van der Waals surface area contributed by atoms with Crippen molar-refractivity contribution in [1.29, 1.82) is 5.26 Å². The lowest BCUT2D eigenvalue weighted by Crippen LogP contribution is -2.47. The number of halogens is 1. The van der Waals surface area contributed by atoms with Gasteiger partial charge in [-0.15, -0.1) is 0 Å². The molecule has 0 aliphatic carbocycles. The summed E-state index contributed by atoms with van der Waals surface area (Å²) in [6.07, 6.45) is 1.73. The van der Waals surface area contributed by atoms with E-state index in [0.29, 0.717) is 43.4 Å². The number of nitrogens with zero attached hydrogens (tertiary/aromatic N) is 5. The summed E-state index contributed by atoms with van der Waals surface area (Å²) in [5.41, 5.74) is 0.774. The molecular weight excluding hydrogens is 307 g/mol. The number of para-hydroxylation sites is 1. The zero-order valence-corrected chi connectivity index (χ0v) is 13.5. The Balaban J connectivity index is 1.73. The molecule has 1 aromatic heterocycles. The third-order valence-corrected chi connectivity index (χ3v) is 4.00. The minimum absolute atomic E-state index is 0.348. The Kier molecular flexibility index (Phi) is 4.75. The molecule has 1 aliphatic heterocycles. The fraction of sp³-hybridized carbons (Fsp3) is 0.353. The first-order valence-corrected chi connectivity index (χ1v) is 7.98. The Bertz CT molecular complexity index is 749. The molecule has 7 heteroatoms. The number of nitrogens with one attached hydrogen (secondary N) is 1. The summed E-state index contributed by atoms with van der Waals surface area (Å²) in [7, 11) is 0. The molecule has 2 aromatic rings. The van der Waals surface area contributed by atoms with Gasteiger partial charge >= 0.3 is 0 Å². The standard InChI is InChI=1S/C17H19FN6/c1-2-20-17-21-7-6-15(22-17)23-8-10-24(11-9-23)16-13(12-19)4-3-5-14(16)18/h3-7H,2,8-11H2,1H3,(H,20,21,22). The van der Waals surface area contributed by atoms with E-state index in [1.807, 2.05) is 17.9 Å². The van der Waals surface area contributed by atoms with Crippen LogP contribution in [0.3, 0.4) is 0 Å². The minimum Gasteiger partial charge on any atom is -0.365 e. The molecule has 0 unspecified atom stereocenters. The van der Waals surface area contributed by atoms with Crippen molar-refractivity contribution in [3.63, 3.8) is 0 Å². The van der Waals surface area contributed by atoms with Crippen molar-refractivity contribution in [1.82, 2.24) is 9.97 Å². The summed E-state index contributed by atoms with van der Waals surface area (Å²) in [4.78, 5) is 12.7. The Morgan fingerprint density at radius 3 is 2.67 bits per heavy atom. The van der Waals surface area contributed by atoms with Crippen LogP contribution >= 0.6 is 0 Å². The van der Waals surface area contributed by atoms with Crippen LogP contribution in [0.15, 0.2) is 30.5 Å². The molecule has 24 heavy (non-hydrogen) atoms. The molecule has 0 saturated carbocycles. The van der Waals surface area contributed by atoms with Crippen LogP contribution in [0.2, 0.25) is 0 Å². The molecule has 0 spiro atoms. The summed E-state index contributed by atoms with van der Waals surface area (Å²) < 4.78 is 14.1. The molecule has 0 amide bonds. The molecule has 3 rings (SSSR count). The van der Waals surface area contributed by atoms with Crippen LogP contribution in [0, 0.1) is 17.1 Å². The average Bonchev–Trinajstić information content (AvgIpc) is 2.62. The highest BCUT2D eigenvalue weighted by atomic mass is 19.1. The van der Waals surface area contributed by atoms with E-state index in [1.165, 1.54) is 6.07 Å². The van der Waals surface area contributed by atoms with Gasteiger partial charge in [0.1, 0.15) is 17.7 Å². The Morgan fingerprint density at radius 2 is 1.96 bits per heavy atom. The highest BCUT2D eigenvalue weighted by Crippen LogP contribution is 2.26. The molecule has 0 radical (unpaired) electrons. The number of hydrogen-bond donors (Lipinski definition) is 1. The normalized spacial score (nSPS) is 14.4. The maximum Gasteiger partial charge on any atom is 0.224 e. The molecule has 6 nitrogen and oxygen atoms in total. The van der Waals surface area contributed by atoms with Crippen molar-refractivity contribution >= 4 is 17.5 Å². The van der Waals surface area contributed by atoms with E-state index >= 15 is 0 Å². The number of rotatable bonds is 4. The van der Waals surface area contributed by atoms with Gasteiger partial charge in [-0.05, 0) is 25.1 Å². The van der Waals surface area contributed by atoms with E-state index in [0.717, 1.165) is 12.4 Å². The van der Waals surface area contributed by atoms with Crippen LogP contribution in [0.5, 0.6) is 0 Å². The first-order valence-electron chi connectivity index (χ1n) is 7.98. The van der Waals surface area contributed by atoms with Crippen LogP contribution in [-0.4, -0.2) is 42.7 Å². The van der Waals surface area contributed by atoms with Gasteiger partial charge in [0.25, 0.3) is 0 Å². The van der Waals surface area contributed by atoms with Gasteiger partial charge in [0.05, 0.1) is 11.3 Å². The molecular formula is C17H19FN6. The molecule has 1 fully saturated rings. The van der Waals surface area contributed by atoms with Crippen LogP contribution in [0.1, 0.15) is 12.5 Å². The lowest BCUT2D eigenvalue weighted by Gasteiger charge is -2.37. The zero-order chi connectivity index (χ0) is 16.9.